The summed E-state index contributed by atoms with van der Waals surface area (Å²) in [6.07, 6.45) is 0.116. The van der Waals surface area contributed by atoms with Crippen LogP contribution in [0.2, 0.25) is 0 Å². The van der Waals surface area contributed by atoms with E-state index in [1.165, 1.54) is 0 Å². The van der Waals surface area contributed by atoms with Crippen molar-refractivity contribution in [2.75, 3.05) is 33.2 Å². The van der Waals surface area contributed by atoms with E-state index < -0.39 is 0 Å². The van der Waals surface area contributed by atoms with Crippen LogP contribution < -0.4 is 5.43 Å². The van der Waals surface area contributed by atoms with Gasteiger partial charge >= 0.3 is 0 Å². The first-order valence-electron chi connectivity index (χ1n) is 5.00. The van der Waals surface area contributed by atoms with Gasteiger partial charge in [-0.2, -0.15) is 5.10 Å². The Morgan fingerprint density at radius 2 is 2.00 bits per heavy atom. The van der Waals surface area contributed by atoms with Gasteiger partial charge < -0.3 is 9.80 Å². The van der Waals surface area contributed by atoms with Gasteiger partial charge in [-0.05, 0) is 7.05 Å². The summed E-state index contributed by atoms with van der Waals surface area (Å²) in [7, 11) is 2.03. The minimum Gasteiger partial charge on any atom is -0.335 e. The number of nitrogens with one attached hydrogen (secondary N) is 1. The van der Waals surface area contributed by atoms with Gasteiger partial charge in [0.1, 0.15) is 5.71 Å². The van der Waals surface area contributed by atoms with Crippen molar-refractivity contribution in [2.24, 2.45) is 5.10 Å². The van der Waals surface area contributed by atoms with Crippen molar-refractivity contribution >= 4 is 17.5 Å². The molecule has 2 rings (SSSR count). The molecule has 2 aliphatic heterocycles. The van der Waals surface area contributed by atoms with Gasteiger partial charge in [0, 0.05) is 26.2 Å². The largest absolute Gasteiger partial charge is 0.335 e. The van der Waals surface area contributed by atoms with Crippen LogP contribution in [0.25, 0.3) is 0 Å². The van der Waals surface area contributed by atoms with E-state index in [1.54, 1.807) is 4.90 Å². The molecule has 0 aromatic heterocycles. The summed E-state index contributed by atoms with van der Waals surface area (Å²) in [5.41, 5.74) is 2.63. The van der Waals surface area contributed by atoms with Crippen LogP contribution in [0.3, 0.4) is 0 Å². The highest BCUT2D eigenvalue weighted by Gasteiger charge is 2.27. The van der Waals surface area contributed by atoms with Gasteiger partial charge in [0.05, 0.1) is 6.42 Å². The minimum atomic E-state index is -0.201. The van der Waals surface area contributed by atoms with Crippen LogP contribution in [0.15, 0.2) is 5.10 Å². The molecule has 6 nitrogen and oxygen atoms in total. The Morgan fingerprint density at radius 1 is 1.33 bits per heavy atom. The highest BCUT2D eigenvalue weighted by atomic mass is 16.2. The van der Waals surface area contributed by atoms with Gasteiger partial charge in [-0.15, -0.1) is 0 Å². The Balaban J connectivity index is 1.94. The maximum atomic E-state index is 11.8. The van der Waals surface area contributed by atoms with Gasteiger partial charge in [-0.25, -0.2) is 5.43 Å². The van der Waals surface area contributed by atoms with Crippen molar-refractivity contribution < 1.29 is 9.59 Å². The third-order valence-corrected chi connectivity index (χ3v) is 2.68. The molecule has 2 heterocycles. The van der Waals surface area contributed by atoms with Crippen LogP contribution in [-0.4, -0.2) is 60.6 Å². The standard InChI is InChI=1S/C9H14N4O2/c1-12-2-4-13(5-3-12)9(15)7-6-8(14)11-10-7/h2-6H2,1H3,(H,11,14). The normalized spacial score (nSPS) is 22.6. The molecule has 0 radical (unpaired) electrons. The number of carbonyl (C=O) groups excluding carboxylic acids is 2. The van der Waals surface area contributed by atoms with E-state index in [2.05, 4.69) is 15.4 Å². The van der Waals surface area contributed by atoms with Gasteiger partial charge in [0.2, 0.25) is 5.91 Å². The average molecular weight is 210 g/mol. The van der Waals surface area contributed by atoms with Crippen LogP contribution in [0.1, 0.15) is 6.42 Å². The SMILES string of the molecule is CN1CCN(C(=O)C2=NNC(=O)C2)CC1. The smallest absolute Gasteiger partial charge is 0.270 e. The van der Waals surface area contributed by atoms with Gasteiger partial charge in [0.25, 0.3) is 5.91 Å². The molecular weight excluding hydrogens is 196 g/mol. The monoisotopic (exact) mass is 210 g/mol. The molecule has 2 aliphatic rings. The number of rotatable bonds is 1. The third-order valence-electron chi connectivity index (χ3n) is 2.68. The second-order valence-corrected chi connectivity index (χ2v) is 3.87. The first-order valence-corrected chi connectivity index (χ1v) is 5.00. The minimum absolute atomic E-state index is 0.110. The molecule has 0 aromatic rings. The topological polar surface area (TPSA) is 65.0 Å². The zero-order chi connectivity index (χ0) is 10.8. The molecule has 2 amide bonds. The molecule has 0 aliphatic carbocycles. The fraction of sp³-hybridized carbons (Fsp3) is 0.667. The molecule has 82 valence electrons. The van der Waals surface area contributed by atoms with Crippen molar-refractivity contribution in [3.63, 3.8) is 0 Å². The average Bonchev–Trinajstić information content (AvgIpc) is 2.65. The summed E-state index contributed by atoms with van der Waals surface area (Å²) in [5, 5.41) is 3.72. The van der Waals surface area contributed by atoms with Crippen LogP contribution in [-0.2, 0) is 9.59 Å². The molecule has 6 heteroatoms. The Kier molecular flexibility index (Phi) is 2.68. The van der Waals surface area contributed by atoms with E-state index >= 15 is 0 Å². The van der Waals surface area contributed by atoms with Crippen LogP contribution in [0, 0.1) is 0 Å². The summed E-state index contributed by atoms with van der Waals surface area (Å²) >= 11 is 0. The molecule has 1 N–H and O–H groups in total. The van der Waals surface area contributed by atoms with Crippen molar-refractivity contribution in [1.82, 2.24) is 15.2 Å². The van der Waals surface area contributed by atoms with Crippen molar-refractivity contribution in [1.29, 1.82) is 0 Å². The van der Waals surface area contributed by atoms with E-state index in [0.29, 0.717) is 18.8 Å². The molecule has 0 spiro atoms. The van der Waals surface area contributed by atoms with Crippen molar-refractivity contribution in [2.45, 2.75) is 6.42 Å². The number of nitrogens with zero attached hydrogens (tertiary/aromatic N) is 3. The summed E-state index contributed by atoms with van der Waals surface area (Å²) in [6.45, 7) is 3.17. The van der Waals surface area contributed by atoms with Crippen LogP contribution >= 0.6 is 0 Å². The number of amides is 2. The molecule has 0 aromatic carbocycles. The third kappa shape index (κ3) is 2.15. The molecule has 15 heavy (non-hydrogen) atoms. The summed E-state index contributed by atoms with van der Waals surface area (Å²) in [6, 6.07) is 0. The van der Waals surface area contributed by atoms with E-state index in [4.69, 9.17) is 0 Å². The van der Waals surface area contributed by atoms with Crippen molar-refractivity contribution in [3.8, 4) is 0 Å². The fourth-order valence-corrected chi connectivity index (χ4v) is 1.68. The number of likely N-dealkylation sites (N-methyl/N-ethyl adjacent to an activating group) is 1. The lowest BCUT2D eigenvalue weighted by Gasteiger charge is -2.32. The van der Waals surface area contributed by atoms with E-state index in [0.717, 1.165) is 13.1 Å². The lowest BCUT2D eigenvalue weighted by molar-refractivity contribution is -0.126. The lowest BCUT2D eigenvalue weighted by Crippen LogP contribution is -2.49. The highest BCUT2D eigenvalue weighted by Crippen LogP contribution is 2.04. The molecular formula is C9H14N4O2. The maximum Gasteiger partial charge on any atom is 0.270 e. The Morgan fingerprint density at radius 3 is 2.53 bits per heavy atom. The number of piperazine rings is 1. The summed E-state index contributed by atoms with van der Waals surface area (Å²) < 4.78 is 0. The number of hydrogen-bond acceptors (Lipinski definition) is 4. The molecule has 1 fully saturated rings. The maximum absolute atomic E-state index is 11.8. The lowest BCUT2D eigenvalue weighted by atomic mass is 10.2. The Labute approximate surface area is 87.9 Å². The van der Waals surface area contributed by atoms with E-state index in [-0.39, 0.29) is 18.2 Å². The zero-order valence-corrected chi connectivity index (χ0v) is 8.69. The molecule has 0 atom stereocenters. The predicted molar refractivity (Wildman–Crippen MR) is 54.3 cm³/mol. The predicted octanol–water partition coefficient (Wildman–Crippen LogP) is -1.36. The number of hydrogen-bond donors (Lipinski definition) is 1. The second-order valence-electron chi connectivity index (χ2n) is 3.87. The zero-order valence-electron chi connectivity index (χ0n) is 8.69. The number of hydrazone groups is 1. The van der Waals surface area contributed by atoms with E-state index in [1.807, 2.05) is 7.05 Å². The quantitative estimate of drug-likeness (QED) is 0.581. The number of carbonyl (C=O) groups is 2. The first kappa shape index (κ1) is 10.1. The van der Waals surface area contributed by atoms with Crippen LogP contribution in [0.5, 0.6) is 0 Å². The molecule has 1 saturated heterocycles. The van der Waals surface area contributed by atoms with Gasteiger partial charge in [-0.1, -0.05) is 0 Å². The Bertz CT molecular complexity index is 318. The van der Waals surface area contributed by atoms with Gasteiger partial charge in [0.15, 0.2) is 0 Å². The van der Waals surface area contributed by atoms with E-state index in [9.17, 15) is 9.59 Å². The first-order chi connectivity index (χ1) is 7.16. The molecule has 0 saturated carbocycles. The van der Waals surface area contributed by atoms with Crippen LogP contribution in [0.4, 0.5) is 0 Å². The fourth-order valence-electron chi connectivity index (χ4n) is 1.68. The summed E-state index contributed by atoms with van der Waals surface area (Å²) in [4.78, 5) is 26.6. The summed E-state index contributed by atoms with van der Waals surface area (Å²) in [5.74, 6) is -0.311. The van der Waals surface area contributed by atoms with Gasteiger partial charge in [-0.3, -0.25) is 9.59 Å². The molecule has 0 unspecified atom stereocenters. The second kappa shape index (κ2) is 3.98. The Hall–Kier alpha value is -1.43. The highest BCUT2D eigenvalue weighted by molar-refractivity contribution is 6.43. The molecule has 0 bridgehead atoms. The van der Waals surface area contributed by atoms with Crippen molar-refractivity contribution in [3.05, 3.63) is 0 Å².